The summed E-state index contributed by atoms with van der Waals surface area (Å²) in [7, 11) is 2.23. The molecule has 1 saturated carbocycles. The molecule has 128 valence electrons. The van der Waals surface area contributed by atoms with Crippen molar-refractivity contribution >= 4 is 17.7 Å². The molecule has 0 saturated heterocycles. The van der Waals surface area contributed by atoms with E-state index in [1.165, 1.54) is 48.1 Å². The normalized spacial score (nSPS) is 15.9. The molecule has 0 aliphatic heterocycles. The molecule has 1 aromatic heterocycles. The molecule has 24 heavy (non-hydrogen) atoms. The molecule has 0 spiro atoms. The molecular formula is C22H32GeN+. The molecule has 2 heteroatoms. The zero-order valence-corrected chi connectivity index (χ0v) is 18.3. The third kappa shape index (κ3) is 3.47. The Hall–Kier alpha value is -1.09. The molecule has 0 amide bonds. The van der Waals surface area contributed by atoms with Gasteiger partial charge < -0.3 is 0 Å². The standard InChI is InChI=1S/C22H32GeN/c1-16-11-12-19(17(2)13-16)22-14-21(23(3,4)5)20(15-24(22)6)18-9-7-8-10-18/h11-15,18H,7-10H2,1-6H3/q+1. The molecule has 1 aliphatic rings. The van der Waals surface area contributed by atoms with Crippen LogP contribution in [0.2, 0.25) is 17.3 Å². The predicted molar refractivity (Wildman–Crippen MR) is 107 cm³/mol. The van der Waals surface area contributed by atoms with Gasteiger partial charge in [-0.1, -0.05) is 0 Å². The molecule has 0 radical (unpaired) electrons. The second-order valence-electron chi connectivity index (χ2n) is 8.69. The van der Waals surface area contributed by atoms with Crippen molar-refractivity contribution in [3.05, 3.63) is 47.2 Å². The van der Waals surface area contributed by atoms with Gasteiger partial charge in [-0.05, 0) is 0 Å². The molecule has 1 fully saturated rings. The molecule has 1 nitrogen and oxygen atoms in total. The number of hydrogen-bond donors (Lipinski definition) is 0. The molecule has 1 aromatic carbocycles. The average molecular weight is 383 g/mol. The summed E-state index contributed by atoms with van der Waals surface area (Å²) in [4.78, 5) is 0. The SMILES string of the molecule is Cc1ccc(-c2c[c]([Ge]([CH3])([CH3])[CH3])c(C3CCCC3)c[n+]2C)c(C)c1. The van der Waals surface area contributed by atoms with Gasteiger partial charge >= 0.3 is 150 Å². The maximum absolute atomic E-state index is 2.55. The summed E-state index contributed by atoms with van der Waals surface area (Å²) in [6.45, 7) is 4.42. The van der Waals surface area contributed by atoms with E-state index in [1.54, 1.807) is 9.96 Å². The molecule has 3 rings (SSSR count). The number of aryl methyl sites for hydroxylation is 3. The van der Waals surface area contributed by atoms with Crippen LogP contribution < -0.4 is 8.96 Å². The zero-order chi connectivity index (χ0) is 17.5. The van der Waals surface area contributed by atoms with Crippen molar-refractivity contribution in [2.75, 3.05) is 0 Å². The summed E-state index contributed by atoms with van der Waals surface area (Å²) in [5, 5.41) is 0. The average Bonchev–Trinajstić information content (AvgIpc) is 3.00. The monoisotopic (exact) mass is 384 g/mol. The van der Waals surface area contributed by atoms with Crippen LogP contribution in [0.4, 0.5) is 0 Å². The number of rotatable bonds is 3. The van der Waals surface area contributed by atoms with Crippen LogP contribution >= 0.6 is 0 Å². The molecule has 1 heterocycles. The van der Waals surface area contributed by atoms with Gasteiger partial charge in [0.2, 0.25) is 0 Å². The van der Waals surface area contributed by atoms with Crippen molar-refractivity contribution in [3.63, 3.8) is 0 Å². The molecule has 0 bridgehead atoms. The summed E-state index contributed by atoms with van der Waals surface area (Å²) in [6, 6.07) is 9.39. The zero-order valence-electron chi connectivity index (χ0n) is 16.2. The first-order valence-electron chi connectivity index (χ1n) is 9.39. The number of nitrogens with zero attached hydrogens (tertiary/aromatic N) is 1. The number of aromatic nitrogens is 1. The fourth-order valence-electron chi connectivity index (χ4n) is 4.25. The van der Waals surface area contributed by atoms with Gasteiger partial charge in [0.15, 0.2) is 0 Å². The number of hydrogen-bond acceptors (Lipinski definition) is 0. The summed E-state index contributed by atoms with van der Waals surface area (Å²) >= 11 is -1.92. The van der Waals surface area contributed by atoms with Crippen LogP contribution in [0.5, 0.6) is 0 Å². The van der Waals surface area contributed by atoms with Gasteiger partial charge in [0, 0.05) is 0 Å². The van der Waals surface area contributed by atoms with E-state index in [-0.39, 0.29) is 0 Å². The van der Waals surface area contributed by atoms with Gasteiger partial charge in [0.1, 0.15) is 0 Å². The maximum atomic E-state index is 2.55. The Balaban J connectivity index is 2.18. The molecule has 0 atom stereocenters. The van der Waals surface area contributed by atoms with E-state index >= 15 is 0 Å². The van der Waals surface area contributed by atoms with Gasteiger partial charge in [-0.2, -0.15) is 0 Å². The van der Waals surface area contributed by atoms with E-state index in [0.717, 1.165) is 5.92 Å². The van der Waals surface area contributed by atoms with Gasteiger partial charge in [0.05, 0.1) is 0 Å². The van der Waals surface area contributed by atoms with E-state index < -0.39 is 13.3 Å². The quantitative estimate of drug-likeness (QED) is 0.519. The fraction of sp³-hybridized carbons (Fsp3) is 0.500. The van der Waals surface area contributed by atoms with Crippen LogP contribution in [0.15, 0.2) is 30.5 Å². The first-order valence-corrected chi connectivity index (χ1v) is 16.7. The van der Waals surface area contributed by atoms with E-state index in [2.05, 4.69) is 73.2 Å². The van der Waals surface area contributed by atoms with Crippen molar-refractivity contribution < 1.29 is 4.57 Å². The molecule has 2 aromatic rings. The summed E-state index contributed by atoms with van der Waals surface area (Å²) in [5.74, 6) is 8.42. The van der Waals surface area contributed by atoms with Crippen molar-refractivity contribution in [2.24, 2.45) is 7.05 Å². The van der Waals surface area contributed by atoms with Gasteiger partial charge in [-0.3, -0.25) is 0 Å². The Bertz CT molecular complexity index is 749. The van der Waals surface area contributed by atoms with Crippen molar-refractivity contribution in [3.8, 4) is 11.3 Å². The first-order chi connectivity index (χ1) is 11.3. The molecule has 0 unspecified atom stereocenters. The van der Waals surface area contributed by atoms with E-state index in [1.807, 2.05) is 0 Å². The Labute approximate surface area is 150 Å². The van der Waals surface area contributed by atoms with Gasteiger partial charge in [-0.15, -0.1) is 0 Å². The van der Waals surface area contributed by atoms with Crippen LogP contribution in [0.1, 0.15) is 48.3 Å². The van der Waals surface area contributed by atoms with Crippen LogP contribution in [-0.4, -0.2) is 13.3 Å². The Morgan fingerprint density at radius 3 is 2.25 bits per heavy atom. The summed E-state index contributed by atoms with van der Waals surface area (Å²) in [5.41, 5.74) is 7.15. The second kappa shape index (κ2) is 6.67. The van der Waals surface area contributed by atoms with Crippen molar-refractivity contribution in [2.45, 2.75) is 62.7 Å². The van der Waals surface area contributed by atoms with E-state index in [0.29, 0.717) is 0 Å². The Kier molecular flexibility index (Phi) is 4.92. The third-order valence-electron chi connectivity index (χ3n) is 5.57. The van der Waals surface area contributed by atoms with Crippen LogP contribution in [0, 0.1) is 13.8 Å². The summed E-state index contributed by atoms with van der Waals surface area (Å²) < 4.78 is 4.10. The Morgan fingerprint density at radius 2 is 1.67 bits per heavy atom. The molecule has 0 N–H and O–H groups in total. The number of benzene rings is 1. The molecular weight excluding hydrogens is 351 g/mol. The van der Waals surface area contributed by atoms with Gasteiger partial charge in [-0.25, -0.2) is 0 Å². The van der Waals surface area contributed by atoms with Crippen LogP contribution in [0.25, 0.3) is 11.3 Å². The number of pyridine rings is 1. The summed E-state index contributed by atoms with van der Waals surface area (Å²) in [6.07, 6.45) is 8.05. The third-order valence-corrected chi connectivity index (χ3v) is 9.86. The van der Waals surface area contributed by atoms with Crippen LogP contribution in [0.3, 0.4) is 0 Å². The predicted octanol–water partition coefficient (Wildman–Crippen LogP) is 5.00. The van der Waals surface area contributed by atoms with E-state index in [4.69, 9.17) is 0 Å². The van der Waals surface area contributed by atoms with E-state index in [9.17, 15) is 0 Å². The fourth-order valence-corrected chi connectivity index (χ4v) is 7.83. The second-order valence-corrected chi connectivity index (χ2v) is 19.3. The minimum absolute atomic E-state index is 0.796. The minimum atomic E-state index is -1.92. The Morgan fingerprint density at radius 1 is 1.00 bits per heavy atom. The van der Waals surface area contributed by atoms with Gasteiger partial charge in [0.25, 0.3) is 0 Å². The van der Waals surface area contributed by atoms with Crippen LogP contribution in [-0.2, 0) is 7.05 Å². The molecule has 1 aliphatic carbocycles. The topological polar surface area (TPSA) is 3.88 Å². The first kappa shape index (κ1) is 17.7. The van der Waals surface area contributed by atoms with Crippen molar-refractivity contribution in [1.29, 1.82) is 0 Å². The van der Waals surface area contributed by atoms with Crippen molar-refractivity contribution in [1.82, 2.24) is 0 Å².